The second-order valence-electron chi connectivity index (χ2n) is 5.58. The van der Waals surface area contributed by atoms with E-state index in [1.54, 1.807) is 16.9 Å². The molecule has 0 bridgehead atoms. The van der Waals surface area contributed by atoms with E-state index in [1.165, 1.54) is 0 Å². The summed E-state index contributed by atoms with van der Waals surface area (Å²) in [7, 11) is 0. The second kappa shape index (κ2) is 5.60. The Labute approximate surface area is 128 Å². The first-order valence-electron chi connectivity index (χ1n) is 7.20. The van der Waals surface area contributed by atoms with Gasteiger partial charge < -0.3 is 5.11 Å². The molecule has 2 heterocycles. The minimum atomic E-state index is -0.950. The van der Waals surface area contributed by atoms with Gasteiger partial charge in [-0.1, -0.05) is 44.2 Å². The molecule has 3 aromatic rings. The minimum absolute atomic E-state index is 0.155. The third-order valence-electron chi connectivity index (χ3n) is 3.63. The average Bonchev–Trinajstić information content (AvgIpc) is 2.90. The summed E-state index contributed by atoms with van der Waals surface area (Å²) < 4.78 is 1.75. The summed E-state index contributed by atoms with van der Waals surface area (Å²) in [5.74, 6) is -0.795. The summed E-state index contributed by atoms with van der Waals surface area (Å²) >= 11 is 0. The van der Waals surface area contributed by atoms with Crippen LogP contribution >= 0.6 is 0 Å². The predicted molar refractivity (Wildman–Crippen MR) is 84.1 cm³/mol. The highest BCUT2D eigenvalue weighted by atomic mass is 16.4. The van der Waals surface area contributed by atoms with Crippen molar-refractivity contribution in [1.29, 1.82) is 0 Å². The molecule has 3 rings (SSSR count). The molecule has 1 N–H and O–H groups in total. The number of benzene rings is 1. The Balaban J connectivity index is 2.14. The van der Waals surface area contributed by atoms with Crippen molar-refractivity contribution in [3.05, 3.63) is 59.4 Å². The number of hydrogen-bond donors (Lipinski definition) is 1. The van der Waals surface area contributed by atoms with Crippen molar-refractivity contribution in [2.75, 3.05) is 0 Å². The monoisotopic (exact) mass is 295 g/mol. The molecule has 2 aromatic heterocycles. The molecule has 0 aliphatic heterocycles. The first-order chi connectivity index (χ1) is 10.6. The normalized spacial score (nSPS) is 11.2. The summed E-state index contributed by atoms with van der Waals surface area (Å²) in [4.78, 5) is 16.1. The summed E-state index contributed by atoms with van der Waals surface area (Å²) in [6, 6.07) is 11.6. The van der Waals surface area contributed by atoms with Gasteiger partial charge in [0.2, 0.25) is 0 Å². The molecular weight excluding hydrogens is 278 g/mol. The maximum Gasteiger partial charge on any atom is 0.336 e. The van der Waals surface area contributed by atoms with Gasteiger partial charge in [0.25, 0.3) is 0 Å². The molecule has 0 fully saturated rings. The molecule has 0 saturated carbocycles. The van der Waals surface area contributed by atoms with Gasteiger partial charge in [0, 0.05) is 5.69 Å². The van der Waals surface area contributed by atoms with Crippen molar-refractivity contribution < 1.29 is 9.90 Å². The third kappa shape index (κ3) is 2.57. The first kappa shape index (κ1) is 14.3. The van der Waals surface area contributed by atoms with Crippen molar-refractivity contribution >= 4 is 17.0 Å². The molecule has 5 nitrogen and oxygen atoms in total. The lowest BCUT2D eigenvalue weighted by Gasteiger charge is -2.09. The number of carboxylic acid groups (broad SMARTS) is 1. The molecule has 22 heavy (non-hydrogen) atoms. The number of hydrogen-bond acceptors (Lipinski definition) is 3. The summed E-state index contributed by atoms with van der Waals surface area (Å²) in [6.07, 6.45) is 1.58. The maximum absolute atomic E-state index is 11.5. The Hall–Kier alpha value is -2.69. The number of pyridine rings is 1. The maximum atomic E-state index is 11.5. The predicted octanol–water partition coefficient (Wildman–Crippen LogP) is 3.30. The van der Waals surface area contributed by atoms with Crippen LogP contribution < -0.4 is 0 Å². The smallest absolute Gasteiger partial charge is 0.336 e. The molecule has 0 aliphatic rings. The van der Waals surface area contributed by atoms with E-state index < -0.39 is 5.97 Å². The zero-order valence-corrected chi connectivity index (χ0v) is 12.5. The summed E-state index contributed by atoms with van der Waals surface area (Å²) in [5.41, 5.74) is 2.74. The highest BCUT2D eigenvalue weighted by Gasteiger charge is 2.17. The molecule has 0 aliphatic carbocycles. The highest BCUT2D eigenvalue weighted by Crippen LogP contribution is 2.23. The zero-order valence-electron chi connectivity index (χ0n) is 12.5. The van der Waals surface area contributed by atoms with Gasteiger partial charge in [-0.3, -0.25) is 0 Å². The van der Waals surface area contributed by atoms with E-state index in [1.807, 2.05) is 44.2 Å². The van der Waals surface area contributed by atoms with E-state index in [9.17, 15) is 9.90 Å². The number of rotatable bonds is 4. The fourth-order valence-corrected chi connectivity index (χ4v) is 2.41. The van der Waals surface area contributed by atoms with E-state index in [0.717, 1.165) is 11.3 Å². The number of nitrogens with zero attached hydrogens (tertiary/aromatic N) is 3. The molecule has 112 valence electrons. The lowest BCUT2D eigenvalue weighted by atomic mass is 10.1. The Morgan fingerprint density at radius 1 is 1.27 bits per heavy atom. The molecule has 1 aromatic carbocycles. The van der Waals surface area contributed by atoms with Crippen molar-refractivity contribution in [3.63, 3.8) is 0 Å². The SMILES string of the molecule is CC(C)c1cc(C(=O)O)c2cnn(Cc3ccccc3)c2n1. The standard InChI is InChI=1S/C17H17N3O2/c1-11(2)15-8-13(17(21)22)14-9-18-20(16(14)19-15)10-12-6-4-3-5-7-12/h3-9,11H,10H2,1-2H3,(H,21,22). The summed E-state index contributed by atoms with van der Waals surface area (Å²) in [6.45, 7) is 4.56. The van der Waals surface area contributed by atoms with Gasteiger partial charge in [-0.15, -0.1) is 0 Å². The van der Waals surface area contributed by atoms with E-state index in [2.05, 4.69) is 10.1 Å². The molecule has 0 unspecified atom stereocenters. The van der Waals surface area contributed by atoms with Crippen LogP contribution in [0.4, 0.5) is 0 Å². The van der Waals surface area contributed by atoms with Crippen LogP contribution in [0, 0.1) is 0 Å². The van der Waals surface area contributed by atoms with Crippen molar-refractivity contribution in [3.8, 4) is 0 Å². The fraction of sp³-hybridized carbons (Fsp3) is 0.235. The topological polar surface area (TPSA) is 68.0 Å². The van der Waals surface area contributed by atoms with Gasteiger partial charge in [0.1, 0.15) is 0 Å². The lowest BCUT2D eigenvalue weighted by Crippen LogP contribution is -2.06. The van der Waals surface area contributed by atoms with Gasteiger partial charge in [0.05, 0.1) is 23.7 Å². The van der Waals surface area contributed by atoms with E-state index in [4.69, 9.17) is 0 Å². The summed E-state index contributed by atoms with van der Waals surface area (Å²) in [5, 5.41) is 14.3. The van der Waals surface area contributed by atoms with E-state index in [0.29, 0.717) is 17.6 Å². The Morgan fingerprint density at radius 2 is 2.00 bits per heavy atom. The number of fused-ring (bicyclic) bond motifs is 1. The Morgan fingerprint density at radius 3 is 2.64 bits per heavy atom. The van der Waals surface area contributed by atoms with Crippen LogP contribution in [0.25, 0.3) is 11.0 Å². The Kier molecular flexibility index (Phi) is 3.63. The number of carboxylic acids is 1. The van der Waals surface area contributed by atoms with Crippen molar-refractivity contribution in [2.24, 2.45) is 0 Å². The van der Waals surface area contributed by atoms with Crippen LogP contribution in [0.15, 0.2) is 42.6 Å². The van der Waals surface area contributed by atoms with Gasteiger partial charge in [-0.05, 0) is 17.5 Å². The average molecular weight is 295 g/mol. The largest absolute Gasteiger partial charge is 0.478 e. The molecule has 0 radical (unpaired) electrons. The highest BCUT2D eigenvalue weighted by molar-refractivity contribution is 6.01. The molecule has 5 heteroatoms. The molecule has 0 saturated heterocycles. The quantitative estimate of drug-likeness (QED) is 0.802. The fourth-order valence-electron chi connectivity index (χ4n) is 2.41. The van der Waals surface area contributed by atoms with E-state index in [-0.39, 0.29) is 11.5 Å². The van der Waals surface area contributed by atoms with Crippen LogP contribution in [0.3, 0.4) is 0 Å². The van der Waals surface area contributed by atoms with Gasteiger partial charge in [0.15, 0.2) is 5.65 Å². The van der Waals surface area contributed by atoms with Crippen LogP contribution in [0.2, 0.25) is 0 Å². The second-order valence-corrected chi connectivity index (χ2v) is 5.58. The molecule has 0 spiro atoms. The van der Waals surface area contributed by atoms with Crippen LogP contribution in [-0.2, 0) is 6.54 Å². The van der Waals surface area contributed by atoms with Gasteiger partial charge >= 0.3 is 5.97 Å². The van der Waals surface area contributed by atoms with Crippen molar-refractivity contribution in [1.82, 2.24) is 14.8 Å². The first-order valence-corrected chi connectivity index (χ1v) is 7.20. The lowest BCUT2D eigenvalue weighted by molar-refractivity contribution is 0.0699. The molecular formula is C17H17N3O2. The zero-order chi connectivity index (χ0) is 15.7. The Bertz CT molecular complexity index is 823. The van der Waals surface area contributed by atoms with Gasteiger partial charge in [-0.2, -0.15) is 5.10 Å². The number of carbonyl (C=O) groups is 1. The third-order valence-corrected chi connectivity index (χ3v) is 3.63. The van der Waals surface area contributed by atoms with Crippen LogP contribution in [0.5, 0.6) is 0 Å². The molecule has 0 amide bonds. The van der Waals surface area contributed by atoms with Crippen LogP contribution in [0.1, 0.15) is 41.4 Å². The van der Waals surface area contributed by atoms with Crippen molar-refractivity contribution in [2.45, 2.75) is 26.3 Å². The minimum Gasteiger partial charge on any atom is -0.478 e. The van der Waals surface area contributed by atoms with E-state index >= 15 is 0 Å². The van der Waals surface area contributed by atoms with Crippen LogP contribution in [-0.4, -0.2) is 25.8 Å². The molecule has 0 atom stereocenters. The van der Waals surface area contributed by atoms with Gasteiger partial charge in [-0.25, -0.2) is 14.5 Å². The number of aromatic nitrogens is 3. The number of aromatic carboxylic acids is 1.